The van der Waals surface area contributed by atoms with E-state index in [1.54, 1.807) is 37.2 Å². The van der Waals surface area contributed by atoms with Gasteiger partial charge in [0.05, 0.1) is 11.7 Å². The van der Waals surface area contributed by atoms with Crippen molar-refractivity contribution in [2.24, 2.45) is 7.05 Å². The first-order valence-corrected chi connectivity index (χ1v) is 8.99. The molecule has 4 rings (SSSR count). The molecule has 0 unspecified atom stereocenters. The molecule has 8 nitrogen and oxygen atoms in total. The summed E-state index contributed by atoms with van der Waals surface area (Å²) < 4.78 is 32.6. The molecular formula is C20H18F2N8. The SMILES string of the molecule is CNc1ccc(=N)n(C(=N)C(F)(F)c2ccc3ncc(-c4cnn(C)c4)cc3c2)n1. The van der Waals surface area contributed by atoms with E-state index in [0.29, 0.717) is 15.6 Å². The van der Waals surface area contributed by atoms with Gasteiger partial charge in [-0.2, -0.15) is 18.6 Å². The van der Waals surface area contributed by atoms with E-state index in [9.17, 15) is 0 Å². The summed E-state index contributed by atoms with van der Waals surface area (Å²) in [5, 5.41) is 27.1. The zero-order valence-electron chi connectivity index (χ0n) is 16.2. The van der Waals surface area contributed by atoms with Crippen LogP contribution in [0, 0.1) is 10.8 Å². The molecule has 3 aromatic heterocycles. The predicted octanol–water partition coefficient (Wildman–Crippen LogP) is 2.97. The third-order valence-corrected chi connectivity index (χ3v) is 4.68. The summed E-state index contributed by atoms with van der Waals surface area (Å²) in [6, 6.07) is 8.57. The van der Waals surface area contributed by atoms with E-state index in [4.69, 9.17) is 10.8 Å². The standard InChI is InChI=1S/C20H18F2N8/c1-25-18-6-5-17(23)30(28-18)19(24)20(21,22)15-3-4-16-12(8-15)7-13(9-26-16)14-10-27-29(2)11-14/h3-11,23-24H,1-2H3,(H,25,28). The van der Waals surface area contributed by atoms with Gasteiger partial charge in [0.2, 0.25) is 0 Å². The molecular weight excluding hydrogens is 390 g/mol. The van der Waals surface area contributed by atoms with Crippen molar-refractivity contribution in [3.63, 3.8) is 0 Å². The lowest BCUT2D eigenvalue weighted by Gasteiger charge is -2.19. The molecule has 0 aliphatic carbocycles. The van der Waals surface area contributed by atoms with Gasteiger partial charge in [0.1, 0.15) is 11.3 Å². The Hall–Kier alpha value is -3.95. The highest BCUT2D eigenvalue weighted by Gasteiger charge is 2.39. The van der Waals surface area contributed by atoms with E-state index in [2.05, 4.69) is 20.5 Å². The van der Waals surface area contributed by atoms with Crippen LogP contribution in [-0.2, 0) is 13.0 Å². The number of nitrogens with one attached hydrogen (secondary N) is 3. The Kier molecular flexibility index (Phi) is 4.61. The zero-order valence-corrected chi connectivity index (χ0v) is 16.2. The van der Waals surface area contributed by atoms with Crippen LogP contribution in [0.4, 0.5) is 14.6 Å². The fourth-order valence-corrected chi connectivity index (χ4v) is 3.05. The molecule has 0 bridgehead atoms. The van der Waals surface area contributed by atoms with Crippen molar-refractivity contribution in [1.29, 1.82) is 10.8 Å². The topological polar surface area (TPSA) is 108 Å². The van der Waals surface area contributed by atoms with Crippen LogP contribution < -0.4 is 10.8 Å². The van der Waals surface area contributed by atoms with E-state index < -0.39 is 11.8 Å². The van der Waals surface area contributed by atoms with Crippen molar-refractivity contribution in [3.05, 3.63) is 66.0 Å². The maximum atomic E-state index is 15.2. The fraction of sp³-hybridized carbons (Fsp3) is 0.150. The Labute approximate surface area is 169 Å². The third-order valence-electron chi connectivity index (χ3n) is 4.68. The van der Waals surface area contributed by atoms with Crippen LogP contribution in [0.5, 0.6) is 0 Å². The fourth-order valence-electron chi connectivity index (χ4n) is 3.05. The number of halogens is 2. The van der Waals surface area contributed by atoms with Crippen molar-refractivity contribution in [1.82, 2.24) is 24.5 Å². The van der Waals surface area contributed by atoms with Crippen molar-refractivity contribution in [2.45, 2.75) is 5.92 Å². The number of aromatic nitrogens is 5. The lowest BCUT2D eigenvalue weighted by Crippen LogP contribution is -2.39. The number of benzene rings is 1. The molecule has 0 fully saturated rings. The van der Waals surface area contributed by atoms with E-state index in [-0.39, 0.29) is 16.9 Å². The van der Waals surface area contributed by atoms with Gasteiger partial charge in [0.15, 0.2) is 5.84 Å². The molecule has 3 heterocycles. The van der Waals surface area contributed by atoms with Crippen molar-refractivity contribution in [2.75, 3.05) is 12.4 Å². The lowest BCUT2D eigenvalue weighted by atomic mass is 10.0. The maximum Gasteiger partial charge on any atom is 0.331 e. The summed E-state index contributed by atoms with van der Waals surface area (Å²) in [6.45, 7) is 0. The highest BCUT2D eigenvalue weighted by Crippen LogP contribution is 2.32. The molecule has 0 spiro atoms. The number of rotatable bonds is 4. The molecule has 0 aliphatic rings. The Morgan fingerprint density at radius 2 is 1.90 bits per heavy atom. The van der Waals surface area contributed by atoms with Gasteiger partial charge >= 0.3 is 5.92 Å². The van der Waals surface area contributed by atoms with Crippen LogP contribution >= 0.6 is 0 Å². The van der Waals surface area contributed by atoms with Crippen molar-refractivity contribution in [3.8, 4) is 11.1 Å². The molecule has 0 amide bonds. The van der Waals surface area contributed by atoms with Crippen LogP contribution in [0.1, 0.15) is 5.56 Å². The van der Waals surface area contributed by atoms with Gasteiger partial charge in [0, 0.05) is 48.6 Å². The molecule has 0 saturated heterocycles. The summed E-state index contributed by atoms with van der Waals surface area (Å²) in [5.41, 5.74) is 1.42. The van der Waals surface area contributed by atoms with E-state index in [1.807, 2.05) is 6.20 Å². The predicted molar refractivity (Wildman–Crippen MR) is 109 cm³/mol. The van der Waals surface area contributed by atoms with Gasteiger partial charge in [-0.1, -0.05) is 6.07 Å². The minimum absolute atomic E-state index is 0.273. The molecule has 3 N–H and O–H groups in total. The van der Waals surface area contributed by atoms with E-state index >= 15 is 8.78 Å². The van der Waals surface area contributed by atoms with Crippen molar-refractivity contribution < 1.29 is 8.78 Å². The second kappa shape index (κ2) is 7.14. The van der Waals surface area contributed by atoms with Gasteiger partial charge in [-0.05, 0) is 30.3 Å². The molecule has 0 aliphatic heterocycles. The number of hydrogen-bond donors (Lipinski definition) is 3. The monoisotopic (exact) mass is 408 g/mol. The second-order valence-corrected chi connectivity index (χ2v) is 6.72. The lowest BCUT2D eigenvalue weighted by molar-refractivity contribution is 0.0697. The Bertz CT molecular complexity index is 1320. The molecule has 0 atom stereocenters. The molecule has 30 heavy (non-hydrogen) atoms. The van der Waals surface area contributed by atoms with Gasteiger partial charge in [-0.25, -0.2) is 0 Å². The Balaban J connectivity index is 1.77. The largest absolute Gasteiger partial charge is 0.372 e. The normalized spacial score (nSPS) is 11.6. The molecule has 1 aromatic carbocycles. The van der Waals surface area contributed by atoms with Crippen LogP contribution in [0.3, 0.4) is 0 Å². The molecule has 10 heteroatoms. The number of aryl methyl sites for hydroxylation is 1. The maximum absolute atomic E-state index is 15.2. The Morgan fingerprint density at radius 3 is 2.60 bits per heavy atom. The van der Waals surface area contributed by atoms with Crippen LogP contribution in [0.25, 0.3) is 22.0 Å². The second-order valence-electron chi connectivity index (χ2n) is 6.72. The average Bonchev–Trinajstić information content (AvgIpc) is 3.19. The number of alkyl halides is 2. The highest BCUT2D eigenvalue weighted by molar-refractivity contribution is 5.91. The van der Waals surface area contributed by atoms with Gasteiger partial charge in [-0.3, -0.25) is 20.5 Å². The molecule has 0 saturated carbocycles. The molecule has 0 radical (unpaired) electrons. The van der Waals surface area contributed by atoms with E-state index in [0.717, 1.165) is 11.1 Å². The van der Waals surface area contributed by atoms with Gasteiger partial charge < -0.3 is 5.32 Å². The smallest absolute Gasteiger partial charge is 0.331 e. The van der Waals surface area contributed by atoms with Crippen molar-refractivity contribution >= 4 is 22.6 Å². The summed E-state index contributed by atoms with van der Waals surface area (Å²) in [4.78, 5) is 4.34. The highest BCUT2D eigenvalue weighted by atomic mass is 19.3. The summed E-state index contributed by atoms with van der Waals surface area (Å²) >= 11 is 0. The first-order chi connectivity index (χ1) is 14.3. The molecule has 152 valence electrons. The van der Waals surface area contributed by atoms with Gasteiger partial charge in [-0.15, -0.1) is 5.10 Å². The number of fused-ring (bicyclic) bond motifs is 1. The first-order valence-electron chi connectivity index (χ1n) is 8.99. The first kappa shape index (κ1) is 19.4. The minimum Gasteiger partial charge on any atom is -0.372 e. The van der Waals surface area contributed by atoms with Gasteiger partial charge in [0.25, 0.3) is 0 Å². The summed E-state index contributed by atoms with van der Waals surface area (Å²) in [7, 11) is 3.37. The third kappa shape index (κ3) is 3.32. The summed E-state index contributed by atoms with van der Waals surface area (Å²) in [6.07, 6.45) is 5.14. The Morgan fingerprint density at radius 1 is 1.10 bits per heavy atom. The number of hydrogen-bond acceptors (Lipinski definition) is 6. The number of anilines is 1. The van der Waals surface area contributed by atoms with Crippen LogP contribution in [0.15, 0.2) is 55.0 Å². The van der Waals surface area contributed by atoms with E-state index in [1.165, 1.54) is 30.3 Å². The average molecular weight is 408 g/mol. The molecule has 4 aromatic rings. The quantitative estimate of drug-likeness (QED) is 0.356. The summed E-state index contributed by atoms with van der Waals surface area (Å²) in [5.74, 6) is -4.51. The zero-order chi connectivity index (χ0) is 21.5. The number of pyridine rings is 1. The minimum atomic E-state index is -3.67. The number of nitrogens with zero attached hydrogens (tertiary/aromatic N) is 5. The van der Waals surface area contributed by atoms with Crippen LogP contribution in [0.2, 0.25) is 0 Å². The van der Waals surface area contributed by atoms with Crippen LogP contribution in [-0.4, -0.2) is 37.4 Å².